The zero-order valence-corrected chi connectivity index (χ0v) is 15.6. The quantitative estimate of drug-likeness (QED) is 0.783. The van der Waals surface area contributed by atoms with Crippen molar-refractivity contribution in [2.24, 2.45) is 5.73 Å². The number of morpholine rings is 1. The number of nitrogens with two attached hydrogens (primary N) is 1. The van der Waals surface area contributed by atoms with E-state index in [1.165, 1.54) is 24.3 Å². The van der Waals surface area contributed by atoms with Crippen molar-refractivity contribution in [2.75, 3.05) is 33.4 Å². The molecule has 2 aromatic rings. The SMILES string of the molecule is CN1CCOC[C@H]1COc1ccc(-c2cc(C(N)=O)c(=O)[nH]c2C(F)(F)F)cc1. The molecule has 7 nitrogen and oxygen atoms in total. The van der Waals surface area contributed by atoms with Gasteiger partial charge in [0.05, 0.1) is 19.3 Å². The van der Waals surface area contributed by atoms with E-state index in [0.717, 1.165) is 12.6 Å². The van der Waals surface area contributed by atoms with E-state index in [-0.39, 0.29) is 17.2 Å². The van der Waals surface area contributed by atoms with Gasteiger partial charge in [-0.2, -0.15) is 13.2 Å². The Balaban J connectivity index is 1.86. The third-order valence-corrected chi connectivity index (χ3v) is 4.72. The van der Waals surface area contributed by atoms with Crippen LogP contribution < -0.4 is 16.0 Å². The standard InChI is InChI=1S/C19H20F3N3O4/c1-25-6-7-28-9-12(25)10-29-13-4-2-11(3-5-13)14-8-15(17(23)26)18(27)24-16(14)19(20,21)22/h2-5,8,12H,6-7,9-10H2,1H3,(H2,23,26)(H,24,27)/t12-/m0/s1. The van der Waals surface area contributed by atoms with Crippen molar-refractivity contribution in [3.05, 3.63) is 51.9 Å². The van der Waals surface area contributed by atoms with Crippen LogP contribution in [0.2, 0.25) is 0 Å². The van der Waals surface area contributed by atoms with Crippen molar-refractivity contribution < 1.29 is 27.4 Å². The number of nitrogens with zero attached hydrogens (tertiary/aromatic N) is 1. The highest BCUT2D eigenvalue weighted by Gasteiger charge is 2.36. The lowest BCUT2D eigenvalue weighted by Crippen LogP contribution is -2.46. The van der Waals surface area contributed by atoms with E-state index in [0.29, 0.717) is 25.6 Å². The maximum atomic E-state index is 13.4. The molecule has 1 aromatic carbocycles. The summed E-state index contributed by atoms with van der Waals surface area (Å²) in [5.41, 5.74) is 1.91. The lowest BCUT2D eigenvalue weighted by Gasteiger charge is -2.32. The number of alkyl halides is 3. The molecule has 0 unspecified atom stereocenters. The number of ether oxygens (including phenoxy) is 2. The van der Waals surface area contributed by atoms with Gasteiger partial charge in [-0.1, -0.05) is 12.1 Å². The fourth-order valence-electron chi connectivity index (χ4n) is 3.00. The van der Waals surface area contributed by atoms with Crippen molar-refractivity contribution in [2.45, 2.75) is 12.2 Å². The largest absolute Gasteiger partial charge is 0.492 e. The zero-order valence-electron chi connectivity index (χ0n) is 15.6. The van der Waals surface area contributed by atoms with Gasteiger partial charge >= 0.3 is 6.18 Å². The molecule has 1 aliphatic heterocycles. The van der Waals surface area contributed by atoms with Crippen LogP contribution in [0.4, 0.5) is 13.2 Å². The average Bonchev–Trinajstić information content (AvgIpc) is 2.67. The van der Waals surface area contributed by atoms with Gasteiger partial charge in [0, 0.05) is 12.1 Å². The average molecular weight is 411 g/mol. The number of hydrogen-bond acceptors (Lipinski definition) is 5. The number of carbonyl (C=O) groups excluding carboxylic acids is 1. The molecule has 0 radical (unpaired) electrons. The van der Waals surface area contributed by atoms with Crippen LogP contribution in [0.1, 0.15) is 16.1 Å². The van der Waals surface area contributed by atoms with Crippen LogP contribution in [-0.4, -0.2) is 55.2 Å². The molecule has 0 aliphatic carbocycles. The number of benzene rings is 1. The highest BCUT2D eigenvalue weighted by atomic mass is 19.4. The molecule has 1 aromatic heterocycles. The van der Waals surface area contributed by atoms with Gasteiger partial charge in [0.2, 0.25) is 0 Å². The van der Waals surface area contributed by atoms with Gasteiger partial charge in [0.25, 0.3) is 11.5 Å². The van der Waals surface area contributed by atoms with Crippen molar-refractivity contribution in [1.82, 2.24) is 9.88 Å². The third-order valence-electron chi connectivity index (χ3n) is 4.72. The Morgan fingerprint density at radius 3 is 2.62 bits per heavy atom. The third kappa shape index (κ3) is 4.77. The summed E-state index contributed by atoms with van der Waals surface area (Å²) in [6.07, 6.45) is -4.81. The van der Waals surface area contributed by atoms with Gasteiger partial charge in [0.15, 0.2) is 0 Å². The van der Waals surface area contributed by atoms with E-state index in [1.54, 1.807) is 4.98 Å². The summed E-state index contributed by atoms with van der Waals surface area (Å²) in [5, 5.41) is 0. The second-order valence-electron chi connectivity index (χ2n) is 6.71. The summed E-state index contributed by atoms with van der Waals surface area (Å²) in [4.78, 5) is 26.9. The number of H-pyrrole nitrogens is 1. The fraction of sp³-hybridized carbons (Fsp3) is 0.368. The molecule has 0 spiro atoms. The predicted molar refractivity (Wildman–Crippen MR) is 98.8 cm³/mol. The van der Waals surface area contributed by atoms with E-state index >= 15 is 0 Å². The number of halogens is 3. The first-order valence-electron chi connectivity index (χ1n) is 8.82. The molecule has 3 N–H and O–H groups in total. The minimum atomic E-state index is -4.81. The zero-order chi connectivity index (χ0) is 21.2. The molecule has 2 heterocycles. The van der Waals surface area contributed by atoms with Crippen molar-refractivity contribution in [1.29, 1.82) is 0 Å². The first kappa shape index (κ1) is 20.9. The number of nitrogens with one attached hydrogen (secondary N) is 1. The van der Waals surface area contributed by atoms with E-state index in [4.69, 9.17) is 15.2 Å². The summed E-state index contributed by atoms with van der Waals surface area (Å²) in [7, 11) is 1.96. The molecular weight excluding hydrogens is 391 g/mol. The summed E-state index contributed by atoms with van der Waals surface area (Å²) < 4.78 is 51.2. The van der Waals surface area contributed by atoms with Crippen molar-refractivity contribution >= 4 is 5.91 Å². The number of pyridine rings is 1. The number of rotatable bonds is 5. The number of likely N-dealkylation sites (N-methyl/N-ethyl adjacent to an activating group) is 1. The molecule has 1 fully saturated rings. The fourth-order valence-corrected chi connectivity index (χ4v) is 3.00. The van der Waals surface area contributed by atoms with Crippen molar-refractivity contribution in [3.63, 3.8) is 0 Å². The number of aromatic nitrogens is 1. The maximum Gasteiger partial charge on any atom is 0.431 e. The smallest absolute Gasteiger partial charge is 0.431 e. The molecule has 156 valence electrons. The van der Waals surface area contributed by atoms with Gasteiger partial charge in [-0.3, -0.25) is 14.5 Å². The Kier molecular flexibility index (Phi) is 5.94. The Labute approximate surface area is 164 Å². The highest BCUT2D eigenvalue weighted by molar-refractivity contribution is 5.93. The molecule has 29 heavy (non-hydrogen) atoms. The predicted octanol–water partition coefficient (Wildman–Crippen LogP) is 1.87. The lowest BCUT2D eigenvalue weighted by molar-refractivity contribution is -0.140. The molecule has 10 heteroatoms. The van der Waals surface area contributed by atoms with Gasteiger partial charge in [0.1, 0.15) is 23.6 Å². The summed E-state index contributed by atoms with van der Waals surface area (Å²) >= 11 is 0. The highest BCUT2D eigenvalue weighted by Crippen LogP contribution is 2.35. The van der Waals surface area contributed by atoms with E-state index in [2.05, 4.69) is 4.90 Å². The first-order valence-corrected chi connectivity index (χ1v) is 8.82. The van der Waals surface area contributed by atoms with Gasteiger partial charge in [-0.15, -0.1) is 0 Å². The molecular formula is C19H20F3N3O4. The van der Waals surface area contributed by atoms with Gasteiger partial charge in [-0.05, 0) is 30.8 Å². The Hall–Kier alpha value is -2.85. The van der Waals surface area contributed by atoms with Crippen LogP contribution in [0.3, 0.4) is 0 Å². The van der Waals surface area contributed by atoms with E-state index in [9.17, 15) is 22.8 Å². The molecule has 0 bridgehead atoms. The van der Waals surface area contributed by atoms with Crippen LogP contribution in [0, 0.1) is 0 Å². The van der Waals surface area contributed by atoms with Crippen LogP contribution >= 0.6 is 0 Å². The van der Waals surface area contributed by atoms with E-state index in [1.807, 2.05) is 7.05 Å². The topological polar surface area (TPSA) is 97.6 Å². The molecule has 1 atom stereocenters. The normalized spacial score (nSPS) is 17.9. The summed E-state index contributed by atoms with van der Waals surface area (Å²) in [6.45, 7) is 2.36. The van der Waals surface area contributed by atoms with Gasteiger partial charge < -0.3 is 20.2 Å². The molecule has 3 rings (SSSR count). The van der Waals surface area contributed by atoms with Crippen LogP contribution in [0.25, 0.3) is 11.1 Å². The van der Waals surface area contributed by atoms with E-state index < -0.39 is 28.9 Å². The molecule has 1 aliphatic rings. The number of hydrogen-bond donors (Lipinski definition) is 2. The maximum absolute atomic E-state index is 13.4. The second kappa shape index (κ2) is 8.26. The van der Waals surface area contributed by atoms with Gasteiger partial charge in [-0.25, -0.2) is 0 Å². The molecule has 0 saturated carbocycles. The number of aromatic amines is 1. The van der Waals surface area contributed by atoms with Crippen LogP contribution in [0.5, 0.6) is 5.75 Å². The lowest BCUT2D eigenvalue weighted by atomic mass is 10.0. The second-order valence-corrected chi connectivity index (χ2v) is 6.71. The minimum absolute atomic E-state index is 0.0811. The Morgan fingerprint density at radius 1 is 1.34 bits per heavy atom. The summed E-state index contributed by atoms with van der Waals surface area (Å²) in [6, 6.07) is 6.82. The Morgan fingerprint density at radius 2 is 2.03 bits per heavy atom. The molecule has 1 amide bonds. The van der Waals surface area contributed by atoms with Crippen molar-refractivity contribution in [3.8, 4) is 16.9 Å². The number of amides is 1. The summed E-state index contributed by atoms with van der Waals surface area (Å²) in [5.74, 6) is -0.638. The van der Waals surface area contributed by atoms with Crippen LogP contribution in [-0.2, 0) is 10.9 Å². The first-order chi connectivity index (χ1) is 13.7. The number of primary amides is 1. The molecule has 1 saturated heterocycles. The monoisotopic (exact) mass is 411 g/mol. The minimum Gasteiger partial charge on any atom is -0.492 e. The van der Waals surface area contributed by atoms with Crippen LogP contribution in [0.15, 0.2) is 35.1 Å². The Bertz CT molecular complexity index is 941. The number of carbonyl (C=O) groups is 1.